The molecule has 174 valence electrons. The first kappa shape index (κ1) is 23.1. The van der Waals surface area contributed by atoms with Gasteiger partial charge in [0.2, 0.25) is 5.91 Å². The first-order chi connectivity index (χ1) is 15.6. The van der Waals surface area contributed by atoms with E-state index in [1.54, 1.807) is 6.08 Å². The van der Waals surface area contributed by atoms with Crippen LogP contribution < -0.4 is 10.1 Å². The third-order valence-electron chi connectivity index (χ3n) is 7.42. The van der Waals surface area contributed by atoms with E-state index in [1.165, 1.54) is 38.5 Å². The Labute approximate surface area is 198 Å². The fourth-order valence-electron chi connectivity index (χ4n) is 5.40. The highest BCUT2D eigenvalue weighted by Crippen LogP contribution is 2.40. The molecular weight excluding hydrogens is 418 g/mol. The largest absolute Gasteiger partial charge is 0.493 e. The molecule has 1 spiro atoms. The van der Waals surface area contributed by atoms with E-state index < -0.39 is 0 Å². The number of benzene rings is 1. The maximum atomic E-state index is 12.8. The van der Waals surface area contributed by atoms with Crippen molar-refractivity contribution in [2.24, 2.45) is 5.41 Å². The molecular formula is C26H37N3O2S. The van der Waals surface area contributed by atoms with Gasteiger partial charge in [-0.25, -0.2) is 0 Å². The zero-order chi connectivity index (χ0) is 22.4. The molecule has 1 aromatic rings. The number of thiocarbonyl (C=S) groups is 1. The smallest absolute Gasteiger partial charge is 0.246 e. The topological polar surface area (TPSA) is 44.8 Å². The fourth-order valence-corrected chi connectivity index (χ4v) is 5.73. The van der Waals surface area contributed by atoms with Gasteiger partial charge in [0, 0.05) is 43.9 Å². The monoisotopic (exact) mass is 455 g/mol. The molecule has 5 nitrogen and oxygen atoms in total. The normalized spacial score (nSPS) is 21.3. The summed E-state index contributed by atoms with van der Waals surface area (Å²) < 4.78 is 5.66. The van der Waals surface area contributed by atoms with Crippen LogP contribution in [0.25, 0.3) is 6.08 Å². The summed E-state index contributed by atoms with van der Waals surface area (Å²) in [7, 11) is 0. The van der Waals surface area contributed by atoms with E-state index >= 15 is 0 Å². The number of rotatable bonds is 5. The maximum Gasteiger partial charge on any atom is 0.246 e. The maximum absolute atomic E-state index is 12.8. The molecule has 2 aliphatic heterocycles. The number of hydrogen-bond donors (Lipinski definition) is 1. The van der Waals surface area contributed by atoms with Crippen molar-refractivity contribution in [1.29, 1.82) is 0 Å². The predicted octanol–water partition coefficient (Wildman–Crippen LogP) is 4.62. The third-order valence-corrected chi connectivity index (χ3v) is 7.79. The molecule has 3 aliphatic rings. The zero-order valence-corrected chi connectivity index (χ0v) is 20.2. The minimum atomic E-state index is 0.0930. The Bertz CT molecular complexity index is 826. The summed E-state index contributed by atoms with van der Waals surface area (Å²) in [4.78, 5) is 17.2. The van der Waals surface area contributed by atoms with Crippen LogP contribution in [0.5, 0.6) is 5.75 Å². The number of hydrogen-bond acceptors (Lipinski definition) is 3. The van der Waals surface area contributed by atoms with E-state index in [0.717, 1.165) is 55.4 Å². The van der Waals surface area contributed by atoms with E-state index in [2.05, 4.69) is 10.2 Å². The lowest BCUT2D eigenvalue weighted by molar-refractivity contribution is -0.128. The average molecular weight is 456 g/mol. The molecule has 4 rings (SSSR count). The molecule has 0 aromatic heterocycles. The molecule has 1 aromatic carbocycles. The molecule has 0 unspecified atom stereocenters. The zero-order valence-electron chi connectivity index (χ0n) is 19.4. The van der Waals surface area contributed by atoms with Crippen molar-refractivity contribution < 1.29 is 9.53 Å². The van der Waals surface area contributed by atoms with Crippen LogP contribution in [0.1, 0.15) is 63.9 Å². The lowest BCUT2D eigenvalue weighted by Gasteiger charge is -2.39. The predicted molar refractivity (Wildman–Crippen MR) is 134 cm³/mol. The van der Waals surface area contributed by atoms with Gasteiger partial charge in [-0.05, 0) is 68.8 Å². The van der Waals surface area contributed by atoms with E-state index in [-0.39, 0.29) is 5.91 Å². The quantitative estimate of drug-likeness (QED) is 0.518. The summed E-state index contributed by atoms with van der Waals surface area (Å²) in [5.74, 6) is 0.913. The van der Waals surface area contributed by atoms with Crippen LogP contribution in [-0.4, -0.2) is 59.6 Å². The van der Waals surface area contributed by atoms with Gasteiger partial charge in [0.25, 0.3) is 0 Å². The number of nitrogens with zero attached hydrogens (tertiary/aromatic N) is 2. The van der Waals surface area contributed by atoms with Crippen LogP contribution in [0.4, 0.5) is 0 Å². The SMILES string of the molecule is CCOc1ccccc1C=CC(=O)N1CCC2(CC1)CCN(C(=S)NC1CCCCC1)C2. The van der Waals surface area contributed by atoms with Gasteiger partial charge >= 0.3 is 0 Å². The van der Waals surface area contributed by atoms with Crippen molar-refractivity contribution in [3.05, 3.63) is 35.9 Å². The molecule has 1 saturated carbocycles. The Morgan fingerprint density at radius 2 is 1.81 bits per heavy atom. The summed E-state index contributed by atoms with van der Waals surface area (Å²) in [6.07, 6.45) is 13.4. The van der Waals surface area contributed by atoms with Crippen molar-refractivity contribution in [3.63, 3.8) is 0 Å². The van der Waals surface area contributed by atoms with Gasteiger partial charge in [-0.3, -0.25) is 4.79 Å². The van der Waals surface area contributed by atoms with Gasteiger partial charge in [0.1, 0.15) is 5.75 Å². The average Bonchev–Trinajstić information content (AvgIpc) is 3.23. The van der Waals surface area contributed by atoms with E-state index in [9.17, 15) is 4.79 Å². The molecule has 32 heavy (non-hydrogen) atoms. The summed E-state index contributed by atoms with van der Waals surface area (Å²) in [5.41, 5.74) is 1.25. The van der Waals surface area contributed by atoms with Crippen LogP contribution in [0.2, 0.25) is 0 Å². The third kappa shape index (κ3) is 5.64. The summed E-state index contributed by atoms with van der Waals surface area (Å²) in [5, 5.41) is 4.58. The molecule has 0 radical (unpaired) electrons. The molecule has 0 atom stereocenters. The second-order valence-electron chi connectivity index (χ2n) is 9.59. The Hall–Kier alpha value is -2.08. The minimum Gasteiger partial charge on any atom is -0.493 e. The first-order valence-corrected chi connectivity index (χ1v) is 12.7. The number of likely N-dealkylation sites (tertiary alicyclic amines) is 2. The summed E-state index contributed by atoms with van der Waals surface area (Å²) in [6, 6.07) is 8.41. The van der Waals surface area contributed by atoms with Crippen LogP contribution >= 0.6 is 12.2 Å². The van der Waals surface area contributed by atoms with Gasteiger partial charge in [-0.15, -0.1) is 0 Å². The van der Waals surface area contributed by atoms with Crippen LogP contribution in [0.15, 0.2) is 30.3 Å². The van der Waals surface area contributed by atoms with E-state index in [0.29, 0.717) is 18.1 Å². The molecule has 2 heterocycles. The highest BCUT2D eigenvalue weighted by molar-refractivity contribution is 7.80. The highest BCUT2D eigenvalue weighted by atomic mass is 32.1. The number of amides is 1. The Balaban J connectivity index is 1.26. The standard InChI is InChI=1S/C26H37N3O2S/c1-2-31-23-11-7-6-8-21(23)12-13-24(30)28-17-14-26(15-18-28)16-19-29(20-26)25(32)27-22-9-4-3-5-10-22/h6-8,11-13,22H,2-5,9-10,14-20H2,1H3,(H,27,32). The number of para-hydroxylation sites is 1. The Morgan fingerprint density at radius 3 is 2.53 bits per heavy atom. The minimum absolute atomic E-state index is 0.0930. The van der Waals surface area contributed by atoms with E-state index in [1.807, 2.05) is 42.2 Å². The lowest BCUT2D eigenvalue weighted by atomic mass is 9.78. The van der Waals surface area contributed by atoms with Gasteiger partial charge in [-0.2, -0.15) is 0 Å². The first-order valence-electron chi connectivity index (χ1n) is 12.3. The number of ether oxygens (including phenoxy) is 1. The number of carbonyl (C=O) groups is 1. The highest BCUT2D eigenvalue weighted by Gasteiger charge is 2.42. The molecule has 1 aliphatic carbocycles. The number of piperidine rings is 1. The van der Waals surface area contributed by atoms with E-state index in [4.69, 9.17) is 17.0 Å². The van der Waals surface area contributed by atoms with Gasteiger partial charge < -0.3 is 19.9 Å². The molecule has 1 N–H and O–H groups in total. The summed E-state index contributed by atoms with van der Waals surface area (Å²) in [6.45, 7) is 6.31. The van der Waals surface area contributed by atoms with Crippen LogP contribution in [0, 0.1) is 5.41 Å². The van der Waals surface area contributed by atoms with Crippen LogP contribution in [0.3, 0.4) is 0 Å². The van der Waals surface area contributed by atoms with Crippen molar-refractivity contribution in [2.75, 3.05) is 32.8 Å². The summed E-state index contributed by atoms with van der Waals surface area (Å²) >= 11 is 5.75. The number of nitrogens with one attached hydrogen (secondary N) is 1. The molecule has 1 amide bonds. The second kappa shape index (κ2) is 10.7. The molecule has 3 fully saturated rings. The van der Waals surface area contributed by atoms with Crippen molar-refractivity contribution in [2.45, 2.75) is 64.3 Å². The molecule has 2 saturated heterocycles. The Morgan fingerprint density at radius 1 is 1.12 bits per heavy atom. The second-order valence-corrected chi connectivity index (χ2v) is 9.97. The van der Waals surface area contributed by atoms with Crippen molar-refractivity contribution >= 4 is 29.3 Å². The number of carbonyl (C=O) groups excluding carboxylic acids is 1. The fraction of sp³-hybridized carbons (Fsp3) is 0.615. The van der Waals surface area contributed by atoms with Gasteiger partial charge in [0.15, 0.2) is 5.11 Å². The van der Waals surface area contributed by atoms with Gasteiger partial charge in [0.05, 0.1) is 6.61 Å². The van der Waals surface area contributed by atoms with Crippen molar-refractivity contribution in [3.8, 4) is 5.75 Å². The Kier molecular flexibility index (Phi) is 7.71. The van der Waals surface area contributed by atoms with Gasteiger partial charge in [-0.1, -0.05) is 37.5 Å². The van der Waals surface area contributed by atoms with Crippen LogP contribution in [-0.2, 0) is 4.79 Å². The van der Waals surface area contributed by atoms with Crippen molar-refractivity contribution in [1.82, 2.24) is 15.1 Å². The lowest BCUT2D eigenvalue weighted by Crippen LogP contribution is -2.47. The molecule has 6 heteroatoms. The molecule has 0 bridgehead atoms.